The molecule has 22 heavy (non-hydrogen) atoms. The van der Waals surface area contributed by atoms with E-state index in [1.54, 1.807) is 30.3 Å². The summed E-state index contributed by atoms with van der Waals surface area (Å²) in [5, 5.41) is 11.5. The van der Waals surface area contributed by atoms with Crippen LogP contribution in [0.5, 0.6) is 5.75 Å². The lowest BCUT2D eigenvalue weighted by Gasteiger charge is -2.10. The van der Waals surface area contributed by atoms with E-state index in [2.05, 4.69) is 5.32 Å². The van der Waals surface area contributed by atoms with Gasteiger partial charge in [-0.3, -0.25) is 4.79 Å². The number of aliphatic hydroxyl groups is 1. The highest BCUT2D eigenvalue weighted by Crippen LogP contribution is 2.22. The van der Waals surface area contributed by atoms with Crippen LogP contribution in [-0.2, 0) is 6.61 Å². The molecule has 2 aromatic carbocycles. The van der Waals surface area contributed by atoms with Crippen LogP contribution in [0.3, 0.4) is 0 Å². The Labute approximate surface area is 132 Å². The number of hydrogen-bond acceptors (Lipinski definition) is 3. The number of ether oxygens (including phenoxy) is 1. The van der Waals surface area contributed by atoms with Crippen LogP contribution in [0.2, 0.25) is 5.02 Å². The van der Waals surface area contributed by atoms with Crippen molar-refractivity contribution < 1.29 is 19.0 Å². The molecule has 0 aliphatic rings. The van der Waals surface area contributed by atoms with Gasteiger partial charge in [-0.2, -0.15) is 0 Å². The van der Waals surface area contributed by atoms with E-state index in [9.17, 15) is 9.18 Å². The number of nitrogens with one attached hydrogen (secondary N) is 1. The fourth-order valence-electron chi connectivity index (χ4n) is 1.82. The minimum absolute atomic E-state index is 0.0345. The summed E-state index contributed by atoms with van der Waals surface area (Å²) in [6, 6.07) is 10.9. The molecule has 4 nitrogen and oxygen atoms in total. The zero-order valence-electron chi connectivity index (χ0n) is 11.7. The highest BCUT2D eigenvalue weighted by atomic mass is 35.5. The molecule has 0 radical (unpaired) electrons. The minimum atomic E-state index is -0.440. The third kappa shape index (κ3) is 4.19. The quantitative estimate of drug-likeness (QED) is 0.859. The van der Waals surface area contributed by atoms with E-state index in [4.69, 9.17) is 21.4 Å². The molecule has 0 bridgehead atoms. The molecule has 0 atom stereocenters. The molecule has 116 valence electrons. The van der Waals surface area contributed by atoms with Gasteiger partial charge in [-0.1, -0.05) is 23.7 Å². The van der Waals surface area contributed by atoms with Crippen molar-refractivity contribution in [3.05, 3.63) is 64.4 Å². The van der Waals surface area contributed by atoms with E-state index >= 15 is 0 Å². The number of halogens is 2. The highest BCUT2D eigenvalue weighted by Gasteiger charge is 2.09. The zero-order valence-corrected chi connectivity index (χ0v) is 12.4. The van der Waals surface area contributed by atoms with Crippen LogP contribution >= 0.6 is 11.6 Å². The van der Waals surface area contributed by atoms with E-state index in [1.807, 2.05) is 0 Å². The molecule has 0 saturated heterocycles. The molecule has 0 fully saturated rings. The summed E-state index contributed by atoms with van der Waals surface area (Å²) in [6.07, 6.45) is 0. The fraction of sp³-hybridized carbons (Fsp3) is 0.188. The van der Waals surface area contributed by atoms with Gasteiger partial charge in [0.1, 0.15) is 18.2 Å². The van der Waals surface area contributed by atoms with E-state index < -0.39 is 5.82 Å². The second-order valence-electron chi connectivity index (χ2n) is 4.50. The molecule has 2 aromatic rings. The standard InChI is InChI=1S/C16H15ClFNO3/c17-14-5-2-6-15(18)13(14)10-22-12-4-1-3-11(9-12)16(21)19-7-8-20/h1-6,9,20H,7-8,10H2,(H,19,21). The van der Waals surface area contributed by atoms with Gasteiger partial charge in [-0.05, 0) is 30.3 Å². The summed E-state index contributed by atoms with van der Waals surface area (Å²) in [5.74, 6) is -0.330. The van der Waals surface area contributed by atoms with Crippen LogP contribution in [0.15, 0.2) is 42.5 Å². The third-order valence-corrected chi connectivity index (χ3v) is 3.29. The molecule has 0 heterocycles. The summed E-state index contributed by atoms with van der Waals surface area (Å²) >= 11 is 5.93. The van der Waals surface area contributed by atoms with Crippen LogP contribution in [0.1, 0.15) is 15.9 Å². The number of benzene rings is 2. The maximum absolute atomic E-state index is 13.6. The minimum Gasteiger partial charge on any atom is -0.489 e. The Bertz CT molecular complexity index is 643. The van der Waals surface area contributed by atoms with Gasteiger partial charge in [0.25, 0.3) is 5.91 Å². The molecule has 1 amide bonds. The fourth-order valence-corrected chi connectivity index (χ4v) is 2.04. The van der Waals surface area contributed by atoms with Gasteiger partial charge in [0.05, 0.1) is 11.6 Å². The first-order valence-electron chi connectivity index (χ1n) is 6.66. The van der Waals surface area contributed by atoms with Crippen LogP contribution < -0.4 is 10.1 Å². The molecular weight excluding hydrogens is 309 g/mol. The van der Waals surface area contributed by atoms with Crippen LogP contribution in [0, 0.1) is 5.82 Å². The number of carbonyl (C=O) groups is 1. The van der Waals surface area contributed by atoms with Gasteiger partial charge in [0.15, 0.2) is 0 Å². The van der Waals surface area contributed by atoms with E-state index in [1.165, 1.54) is 12.1 Å². The lowest BCUT2D eigenvalue weighted by atomic mass is 10.2. The van der Waals surface area contributed by atoms with Crippen molar-refractivity contribution in [3.63, 3.8) is 0 Å². The molecular formula is C16H15ClFNO3. The van der Waals surface area contributed by atoms with Gasteiger partial charge in [0.2, 0.25) is 0 Å². The van der Waals surface area contributed by atoms with Crippen molar-refractivity contribution in [2.24, 2.45) is 0 Å². The Morgan fingerprint density at radius 3 is 2.77 bits per heavy atom. The van der Waals surface area contributed by atoms with Crippen molar-refractivity contribution in [2.75, 3.05) is 13.2 Å². The van der Waals surface area contributed by atoms with Crippen LogP contribution in [-0.4, -0.2) is 24.2 Å². The van der Waals surface area contributed by atoms with Crippen molar-refractivity contribution >= 4 is 17.5 Å². The maximum atomic E-state index is 13.6. The molecule has 0 unspecified atom stereocenters. The van der Waals surface area contributed by atoms with Crippen molar-refractivity contribution in [3.8, 4) is 5.75 Å². The van der Waals surface area contributed by atoms with Gasteiger partial charge in [-0.25, -0.2) is 4.39 Å². The van der Waals surface area contributed by atoms with Crippen molar-refractivity contribution in [1.82, 2.24) is 5.32 Å². The summed E-state index contributed by atoms with van der Waals surface area (Å²) in [7, 11) is 0. The summed E-state index contributed by atoms with van der Waals surface area (Å²) in [5.41, 5.74) is 0.657. The predicted octanol–water partition coefficient (Wildman–Crippen LogP) is 2.78. The van der Waals surface area contributed by atoms with Crippen LogP contribution in [0.4, 0.5) is 4.39 Å². The highest BCUT2D eigenvalue weighted by molar-refractivity contribution is 6.31. The third-order valence-electron chi connectivity index (χ3n) is 2.94. The molecule has 0 spiro atoms. The number of aliphatic hydroxyl groups excluding tert-OH is 1. The van der Waals surface area contributed by atoms with Crippen molar-refractivity contribution in [1.29, 1.82) is 0 Å². The van der Waals surface area contributed by atoms with E-state index in [-0.39, 0.29) is 36.3 Å². The Balaban J connectivity index is 2.06. The lowest BCUT2D eigenvalue weighted by molar-refractivity contribution is 0.0944. The average Bonchev–Trinajstić information content (AvgIpc) is 2.52. The number of hydrogen-bond donors (Lipinski definition) is 2. The Hall–Kier alpha value is -2.11. The summed E-state index contributed by atoms with van der Waals surface area (Å²) in [4.78, 5) is 11.8. The maximum Gasteiger partial charge on any atom is 0.251 e. The lowest BCUT2D eigenvalue weighted by Crippen LogP contribution is -2.26. The SMILES string of the molecule is O=C(NCCO)c1cccc(OCc2c(F)cccc2Cl)c1. The van der Waals surface area contributed by atoms with Crippen molar-refractivity contribution in [2.45, 2.75) is 6.61 Å². The Kier molecular flexibility index (Phi) is 5.75. The largest absolute Gasteiger partial charge is 0.489 e. The first-order chi connectivity index (χ1) is 10.6. The summed E-state index contributed by atoms with van der Waals surface area (Å²) < 4.78 is 19.1. The second kappa shape index (κ2) is 7.77. The predicted molar refractivity (Wildman–Crippen MR) is 81.6 cm³/mol. The molecule has 0 aliphatic heterocycles. The average molecular weight is 324 g/mol. The number of amides is 1. The molecule has 0 aromatic heterocycles. The van der Waals surface area contributed by atoms with Gasteiger partial charge >= 0.3 is 0 Å². The Morgan fingerprint density at radius 2 is 2.05 bits per heavy atom. The zero-order chi connectivity index (χ0) is 15.9. The number of carbonyl (C=O) groups excluding carboxylic acids is 1. The second-order valence-corrected chi connectivity index (χ2v) is 4.90. The summed E-state index contributed by atoms with van der Waals surface area (Å²) in [6.45, 7) is 0.00961. The van der Waals surface area contributed by atoms with E-state index in [0.717, 1.165) is 0 Å². The van der Waals surface area contributed by atoms with E-state index in [0.29, 0.717) is 11.3 Å². The first-order valence-corrected chi connectivity index (χ1v) is 7.04. The smallest absolute Gasteiger partial charge is 0.251 e. The first kappa shape index (κ1) is 16.3. The molecule has 2 rings (SSSR count). The van der Waals surface area contributed by atoms with Gasteiger partial charge < -0.3 is 15.2 Å². The number of rotatable bonds is 6. The molecule has 0 aliphatic carbocycles. The Morgan fingerprint density at radius 1 is 1.27 bits per heavy atom. The van der Waals surface area contributed by atoms with Crippen LogP contribution in [0.25, 0.3) is 0 Å². The molecule has 6 heteroatoms. The molecule has 0 saturated carbocycles. The molecule has 2 N–H and O–H groups in total. The van der Waals surface area contributed by atoms with Gasteiger partial charge in [-0.15, -0.1) is 0 Å². The van der Waals surface area contributed by atoms with Gasteiger partial charge in [0, 0.05) is 17.7 Å². The normalized spacial score (nSPS) is 10.3. The monoisotopic (exact) mass is 323 g/mol. The topological polar surface area (TPSA) is 58.6 Å².